The highest BCUT2D eigenvalue weighted by Gasteiger charge is 2.42. The van der Waals surface area contributed by atoms with E-state index in [1.54, 1.807) is 0 Å². The Balaban J connectivity index is 2.45. The smallest absolute Gasteiger partial charge is 0.0971 e. The molecule has 1 aliphatic carbocycles. The van der Waals surface area contributed by atoms with Crippen LogP contribution in [0.25, 0.3) is 0 Å². The van der Waals surface area contributed by atoms with E-state index in [0.717, 1.165) is 12.0 Å². The zero-order valence-electron chi connectivity index (χ0n) is 10.9. The third-order valence-corrected chi connectivity index (χ3v) is 3.35. The van der Waals surface area contributed by atoms with Crippen LogP contribution in [0.3, 0.4) is 0 Å². The van der Waals surface area contributed by atoms with Crippen LogP contribution >= 0.6 is 0 Å². The summed E-state index contributed by atoms with van der Waals surface area (Å²) < 4.78 is 5.61. The van der Waals surface area contributed by atoms with Crippen molar-refractivity contribution in [1.82, 2.24) is 0 Å². The number of nitrogens with two attached hydrogens (primary N) is 1. The first-order valence-electron chi connectivity index (χ1n) is 6.10. The lowest BCUT2D eigenvalue weighted by Crippen LogP contribution is -2.12. The van der Waals surface area contributed by atoms with Crippen molar-refractivity contribution in [1.29, 1.82) is 5.26 Å². The van der Waals surface area contributed by atoms with E-state index in [-0.39, 0.29) is 12.1 Å². The summed E-state index contributed by atoms with van der Waals surface area (Å²) in [6.07, 6.45) is 2.66. The molecule has 94 valence electrons. The monoisotopic (exact) mass is 234 g/mol. The predicted octanol–water partition coefficient (Wildman–Crippen LogP) is 2.40. The Kier molecular flexibility index (Phi) is 4.92. The van der Waals surface area contributed by atoms with E-state index in [4.69, 9.17) is 15.7 Å². The number of nitrogens with zero attached hydrogens (tertiary/aromatic N) is 1. The number of hydrogen-bond donors (Lipinski definition) is 1. The van der Waals surface area contributed by atoms with Crippen LogP contribution in [-0.2, 0) is 4.74 Å². The van der Waals surface area contributed by atoms with Gasteiger partial charge < -0.3 is 10.5 Å². The minimum atomic E-state index is -0.153. The van der Waals surface area contributed by atoms with Crippen LogP contribution in [0.5, 0.6) is 0 Å². The standard InChI is InChI=1S/C14H22N2O/c1-9(2)5-6-17-11(4)12(8-15)7-13-10(3)14(13)16/h7,10-11,13-14H,1,5-6,16H2,2-4H3/b12-7-/t10-,11+,13-,14-/m0/s1. The largest absolute Gasteiger partial charge is 0.373 e. The van der Waals surface area contributed by atoms with Crippen molar-refractivity contribution in [2.75, 3.05) is 6.61 Å². The van der Waals surface area contributed by atoms with E-state index in [1.165, 1.54) is 0 Å². The summed E-state index contributed by atoms with van der Waals surface area (Å²) in [5, 5.41) is 9.10. The summed E-state index contributed by atoms with van der Waals surface area (Å²) >= 11 is 0. The van der Waals surface area contributed by atoms with Crippen LogP contribution in [0.2, 0.25) is 0 Å². The summed E-state index contributed by atoms with van der Waals surface area (Å²) in [5.74, 6) is 0.831. The van der Waals surface area contributed by atoms with Crippen molar-refractivity contribution < 1.29 is 4.74 Å². The maximum atomic E-state index is 9.10. The molecule has 3 heteroatoms. The van der Waals surface area contributed by atoms with Crippen molar-refractivity contribution in [3.8, 4) is 6.07 Å². The van der Waals surface area contributed by atoms with Crippen molar-refractivity contribution >= 4 is 0 Å². The molecule has 0 unspecified atom stereocenters. The molecule has 0 aromatic heterocycles. The molecular weight excluding hydrogens is 212 g/mol. The average Bonchev–Trinajstić information content (AvgIpc) is 2.82. The third kappa shape index (κ3) is 3.99. The lowest BCUT2D eigenvalue weighted by molar-refractivity contribution is 0.0950. The molecule has 1 aliphatic rings. The molecular formula is C14H22N2O. The normalized spacial score (nSPS) is 29.6. The summed E-state index contributed by atoms with van der Waals surface area (Å²) in [6, 6.07) is 2.42. The van der Waals surface area contributed by atoms with Gasteiger partial charge in [0.1, 0.15) is 0 Å². The topological polar surface area (TPSA) is 59.0 Å². The molecule has 2 N–H and O–H groups in total. The molecule has 1 rings (SSSR count). The molecule has 0 aliphatic heterocycles. The molecule has 0 saturated heterocycles. The summed E-state index contributed by atoms with van der Waals surface area (Å²) in [6.45, 7) is 10.4. The fourth-order valence-corrected chi connectivity index (χ4v) is 1.76. The van der Waals surface area contributed by atoms with Gasteiger partial charge in [-0.2, -0.15) is 5.26 Å². The average molecular weight is 234 g/mol. The minimum Gasteiger partial charge on any atom is -0.373 e. The molecule has 0 aromatic rings. The molecule has 17 heavy (non-hydrogen) atoms. The van der Waals surface area contributed by atoms with Crippen LogP contribution < -0.4 is 5.73 Å². The number of ether oxygens (including phenoxy) is 1. The van der Waals surface area contributed by atoms with Crippen LogP contribution in [0.1, 0.15) is 27.2 Å². The molecule has 0 spiro atoms. The van der Waals surface area contributed by atoms with E-state index < -0.39 is 0 Å². The van der Waals surface area contributed by atoms with Gasteiger partial charge >= 0.3 is 0 Å². The highest BCUT2D eigenvalue weighted by molar-refractivity contribution is 5.29. The van der Waals surface area contributed by atoms with Crippen molar-refractivity contribution in [3.05, 3.63) is 23.8 Å². The molecule has 4 atom stereocenters. The molecule has 0 bridgehead atoms. The second kappa shape index (κ2) is 6.00. The molecule has 0 amide bonds. The predicted molar refractivity (Wildman–Crippen MR) is 69.2 cm³/mol. The Hall–Kier alpha value is -1.11. The van der Waals surface area contributed by atoms with Crippen molar-refractivity contribution in [3.63, 3.8) is 0 Å². The molecule has 0 heterocycles. The van der Waals surface area contributed by atoms with E-state index in [2.05, 4.69) is 19.6 Å². The van der Waals surface area contributed by atoms with Gasteiger partial charge in [0.15, 0.2) is 0 Å². The van der Waals surface area contributed by atoms with E-state index >= 15 is 0 Å². The van der Waals surface area contributed by atoms with E-state index in [0.29, 0.717) is 24.0 Å². The Labute approximate surface area is 104 Å². The Bertz CT molecular complexity index is 346. The minimum absolute atomic E-state index is 0.153. The molecule has 1 fully saturated rings. The number of nitriles is 1. The number of rotatable bonds is 6. The molecule has 0 aromatic carbocycles. The van der Waals surface area contributed by atoms with Gasteiger partial charge in [-0.3, -0.25) is 0 Å². The first-order chi connectivity index (χ1) is 7.97. The maximum absolute atomic E-state index is 9.10. The summed E-state index contributed by atoms with van der Waals surface area (Å²) in [7, 11) is 0. The first-order valence-corrected chi connectivity index (χ1v) is 6.10. The highest BCUT2D eigenvalue weighted by Crippen LogP contribution is 2.38. The number of hydrogen-bond acceptors (Lipinski definition) is 3. The molecule has 1 saturated carbocycles. The summed E-state index contributed by atoms with van der Waals surface area (Å²) in [4.78, 5) is 0. The second-order valence-corrected chi connectivity index (χ2v) is 4.97. The Morgan fingerprint density at radius 2 is 2.24 bits per heavy atom. The van der Waals surface area contributed by atoms with Gasteiger partial charge in [-0.15, -0.1) is 6.58 Å². The van der Waals surface area contributed by atoms with Gasteiger partial charge in [-0.1, -0.05) is 18.6 Å². The Morgan fingerprint density at radius 1 is 1.65 bits per heavy atom. The van der Waals surface area contributed by atoms with Crippen LogP contribution in [0.15, 0.2) is 23.8 Å². The maximum Gasteiger partial charge on any atom is 0.0971 e. The zero-order chi connectivity index (χ0) is 13.0. The molecule has 0 radical (unpaired) electrons. The SMILES string of the molecule is C=C(C)CCO[C@H](C)/C(C#N)=C\[C@H]1[C@H](C)[C@@H]1N. The highest BCUT2D eigenvalue weighted by atomic mass is 16.5. The van der Waals surface area contributed by atoms with Gasteiger partial charge in [0, 0.05) is 6.04 Å². The van der Waals surface area contributed by atoms with Gasteiger partial charge in [0.2, 0.25) is 0 Å². The summed E-state index contributed by atoms with van der Waals surface area (Å²) in [5.41, 5.74) is 7.63. The third-order valence-electron chi connectivity index (χ3n) is 3.35. The quantitative estimate of drug-likeness (QED) is 0.567. The van der Waals surface area contributed by atoms with Crippen LogP contribution in [0.4, 0.5) is 0 Å². The van der Waals surface area contributed by atoms with Gasteiger partial charge in [-0.05, 0) is 32.1 Å². The van der Waals surface area contributed by atoms with E-state index in [1.807, 2.05) is 19.9 Å². The van der Waals surface area contributed by atoms with E-state index in [9.17, 15) is 0 Å². The Morgan fingerprint density at radius 3 is 2.65 bits per heavy atom. The fraction of sp³-hybridized carbons (Fsp3) is 0.643. The molecule has 3 nitrogen and oxygen atoms in total. The fourth-order valence-electron chi connectivity index (χ4n) is 1.76. The lowest BCUT2D eigenvalue weighted by Gasteiger charge is -2.12. The van der Waals surface area contributed by atoms with Crippen molar-refractivity contribution in [2.24, 2.45) is 17.6 Å². The van der Waals surface area contributed by atoms with Crippen molar-refractivity contribution in [2.45, 2.75) is 39.3 Å². The zero-order valence-corrected chi connectivity index (χ0v) is 10.9. The van der Waals surface area contributed by atoms with Crippen LogP contribution in [0, 0.1) is 23.2 Å². The second-order valence-electron chi connectivity index (χ2n) is 4.97. The van der Waals surface area contributed by atoms with Gasteiger partial charge in [-0.25, -0.2) is 0 Å². The first kappa shape index (κ1) is 14.0. The van der Waals surface area contributed by atoms with Gasteiger partial charge in [0.05, 0.1) is 24.4 Å². The van der Waals surface area contributed by atoms with Crippen LogP contribution in [-0.4, -0.2) is 18.8 Å². The lowest BCUT2D eigenvalue weighted by atomic mass is 10.1. The van der Waals surface area contributed by atoms with Gasteiger partial charge in [0.25, 0.3) is 0 Å².